The van der Waals surface area contributed by atoms with Crippen molar-refractivity contribution >= 4 is 43.5 Å². The minimum atomic E-state index is -3.81. The molecule has 10 heteroatoms. The molecule has 1 aliphatic carbocycles. The van der Waals surface area contributed by atoms with Crippen LogP contribution in [0.3, 0.4) is 0 Å². The zero-order valence-corrected chi connectivity index (χ0v) is 23.9. The molecule has 0 aliphatic heterocycles. The van der Waals surface area contributed by atoms with Gasteiger partial charge in [0.1, 0.15) is 18.4 Å². The Bertz CT molecular complexity index is 1200. The zero-order valence-electron chi connectivity index (χ0n) is 21.5. The number of carbonyl (C=O) groups excluding carboxylic acids is 2. The first-order chi connectivity index (χ1) is 17.5. The highest BCUT2D eigenvalue weighted by atomic mass is 79.9. The Labute approximate surface area is 227 Å². The van der Waals surface area contributed by atoms with Crippen LogP contribution in [0.25, 0.3) is 0 Å². The van der Waals surface area contributed by atoms with Crippen molar-refractivity contribution in [2.75, 3.05) is 17.1 Å². The monoisotopic (exact) mass is 595 g/mol. The van der Waals surface area contributed by atoms with Gasteiger partial charge in [0.25, 0.3) is 0 Å². The van der Waals surface area contributed by atoms with Gasteiger partial charge in [-0.25, -0.2) is 12.8 Å². The van der Waals surface area contributed by atoms with Crippen LogP contribution in [0.5, 0.6) is 0 Å². The van der Waals surface area contributed by atoms with Crippen LogP contribution in [0, 0.1) is 12.7 Å². The summed E-state index contributed by atoms with van der Waals surface area (Å²) in [4.78, 5) is 28.5. The van der Waals surface area contributed by atoms with Crippen LogP contribution < -0.4 is 9.62 Å². The van der Waals surface area contributed by atoms with Crippen molar-refractivity contribution in [3.05, 3.63) is 63.9 Å². The van der Waals surface area contributed by atoms with E-state index in [-0.39, 0.29) is 18.5 Å². The quantitative estimate of drug-likeness (QED) is 0.422. The van der Waals surface area contributed by atoms with E-state index in [1.807, 2.05) is 13.8 Å². The number of nitrogens with one attached hydrogen (secondary N) is 1. The van der Waals surface area contributed by atoms with Gasteiger partial charge in [0.05, 0.1) is 11.9 Å². The molecule has 1 unspecified atom stereocenters. The molecule has 202 valence electrons. The average Bonchev–Trinajstić information content (AvgIpc) is 2.85. The first-order valence-corrected chi connectivity index (χ1v) is 15.2. The maximum absolute atomic E-state index is 13.8. The largest absolute Gasteiger partial charge is 0.352 e. The van der Waals surface area contributed by atoms with Crippen LogP contribution in [-0.2, 0) is 26.2 Å². The molecule has 0 saturated heterocycles. The number of hydrogen-bond donors (Lipinski definition) is 1. The summed E-state index contributed by atoms with van der Waals surface area (Å²) in [7, 11) is -3.81. The molecule has 1 aliphatic rings. The Morgan fingerprint density at radius 1 is 1.11 bits per heavy atom. The molecule has 37 heavy (non-hydrogen) atoms. The topological polar surface area (TPSA) is 86.8 Å². The number of carbonyl (C=O) groups is 2. The molecule has 1 N–H and O–H groups in total. The molecule has 2 aromatic carbocycles. The molecule has 0 bridgehead atoms. The number of hydrogen-bond acceptors (Lipinski definition) is 4. The van der Waals surface area contributed by atoms with Gasteiger partial charge in [0, 0.05) is 17.1 Å². The molecule has 1 saturated carbocycles. The summed E-state index contributed by atoms with van der Waals surface area (Å²) < 4.78 is 40.9. The number of aryl methyl sites for hydroxylation is 1. The summed E-state index contributed by atoms with van der Waals surface area (Å²) >= 11 is 3.42. The van der Waals surface area contributed by atoms with Gasteiger partial charge in [-0.15, -0.1) is 0 Å². The minimum absolute atomic E-state index is 0.0483. The number of rotatable bonds is 10. The number of nitrogens with zero attached hydrogens (tertiary/aromatic N) is 2. The summed E-state index contributed by atoms with van der Waals surface area (Å²) in [5, 5.41) is 3.10. The van der Waals surface area contributed by atoms with E-state index in [1.165, 1.54) is 17.0 Å². The van der Waals surface area contributed by atoms with Gasteiger partial charge < -0.3 is 10.2 Å². The Hall–Kier alpha value is -2.46. The number of halogens is 2. The lowest BCUT2D eigenvalue weighted by Gasteiger charge is -2.34. The van der Waals surface area contributed by atoms with E-state index < -0.39 is 34.3 Å². The molecule has 0 spiro atoms. The van der Waals surface area contributed by atoms with Crippen molar-refractivity contribution in [3.63, 3.8) is 0 Å². The second kappa shape index (κ2) is 12.9. The molecule has 0 aromatic heterocycles. The highest BCUT2D eigenvalue weighted by Gasteiger charge is 2.33. The Kier molecular flexibility index (Phi) is 10.1. The van der Waals surface area contributed by atoms with E-state index in [0.29, 0.717) is 17.7 Å². The maximum atomic E-state index is 13.8. The first kappa shape index (κ1) is 29.1. The molecule has 3 rings (SSSR count). The SMILES string of the molecule is CCC(C(=O)NC1CCCCC1)N(Cc1ccc(F)cc1)C(=O)CN(c1ccc(Br)c(C)c1)S(C)(=O)=O. The Balaban J connectivity index is 1.92. The van der Waals surface area contributed by atoms with Crippen molar-refractivity contribution in [2.24, 2.45) is 0 Å². The van der Waals surface area contributed by atoms with E-state index in [1.54, 1.807) is 30.3 Å². The lowest BCUT2D eigenvalue weighted by atomic mass is 9.95. The smallest absolute Gasteiger partial charge is 0.244 e. The van der Waals surface area contributed by atoms with E-state index >= 15 is 0 Å². The number of amides is 2. The lowest BCUT2D eigenvalue weighted by Crippen LogP contribution is -2.53. The molecular weight excluding hydrogens is 561 g/mol. The van der Waals surface area contributed by atoms with Gasteiger partial charge in [0.15, 0.2) is 0 Å². The van der Waals surface area contributed by atoms with Crippen molar-refractivity contribution in [1.82, 2.24) is 10.2 Å². The third-order valence-electron chi connectivity index (χ3n) is 6.71. The number of anilines is 1. The number of benzene rings is 2. The van der Waals surface area contributed by atoms with Gasteiger partial charge in [-0.2, -0.15) is 0 Å². The van der Waals surface area contributed by atoms with Gasteiger partial charge in [0.2, 0.25) is 21.8 Å². The van der Waals surface area contributed by atoms with Gasteiger partial charge in [-0.05, 0) is 67.6 Å². The van der Waals surface area contributed by atoms with Gasteiger partial charge >= 0.3 is 0 Å². The predicted molar refractivity (Wildman–Crippen MR) is 147 cm³/mol. The van der Waals surface area contributed by atoms with Gasteiger partial charge in [-0.3, -0.25) is 13.9 Å². The van der Waals surface area contributed by atoms with Crippen LogP contribution >= 0.6 is 15.9 Å². The molecule has 1 atom stereocenters. The molecular formula is C27H35BrFN3O4S. The Morgan fingerprint density at radius 2 is 1.76 bits per heavy atom. The minimum Gasteiger partial charge on any atom is -0.352 e. The first-order valence-electron chi connectivity index (χ1n) is 12.6. The summed E-state index contributed by atoms with van der Waals surface area (Å²) in [6.45, 7) is 3.24. The third kappa shape index (κ3) is 8.01. The fraction of sp³-hybridized carbons (Fsp3) is 0.481. The van der Waals surface area contributed by atoms with Crippen molar-refractivity contribution < 1.29 is 22.4 Å². The maximum Gasteiger partial charge on any atom is 0.244 e. The van der Waals surface area contributed by atoms with E-state index in [4.69, 9.17) is 0 Å². The van der Waals surface area contributed by atoms with Crippen LogP contribution in [0.4, 0.5) is 10.1 Å². The zero-order chi connectivity index (χ0) is 27.2. The average molecular weight is 597 g/mol. The van der Waals surface area contributed by atoms with Crippen molar-refractivity contribution in [1.29, 1.82) is 0 Å². The Morgan fingerprint density at radius 3 is 2.32 bits per heavy atom. The summed E-state index contributed by atoms with van der Waals surface area (Å²) in [5.74, 6) is -1.17. The van der Waals surface area contributed by atoms with Crippen LogP contribution in [0.15, 0.2) is 46.9 Å². The molecule has 7 nitrogen and oxygen atoms in total. The van der Waals surface area contributed by atoms with Crippen LogP contribution in [0.2, 0.25) is 0 Å². The second-order valence-electron chi connectivity index (χ2n) is 9.62. The van der Waals surface area contributed by atoms with Crippen LogP contribution in [0.1, 0.15) is 56.6 Å². The molecule has 2 aromatic rings. The normalized spacial score (nSPS) is 15.2. The fourth-order valence-corrected chi connectivity index (χ4v) is 5.74. The van der Waals surface area contributed by atoms with E-state index in [0.717, 1.165) is 52.7 Å². The summed E-state index contributed by atoms with van der Waals surface area (Å²) in [6.07, 6.45) is 6.45. The van der Waals surface area contributed by atoms with Crippen molar-refractivity contribution in [3.8, 4) is 0 Å². The highest BCUT2D eigenvalue weighted by molar-refractivity contribution is 9.10. The molecule has 0 heterocycles. The third-order valence-corrected chi connectivity index (χ3v) is 8.74. The number of sulfonamides is 1. The van der Waals surface area contributed by atoms with Gasteiger partial charge in [-0.1, -0.05) is 54.2 Å². The van der Waals surface area contributed by atoms with Crippen molar-refractivity contribution in [2.45, 2.75) is 71.0 Å². The van der Waals surface area contributed by atoms with Crippen LogP contribution in [-0.4, -0.2) is 50.0 Å². The molecule has 2 amide bonds. The van der Waals surface area contributed by atoms with E-state index in [9.17, 15) is 22.4 Å². The predicted octanol–water partition coefficient (Wildman–Crippen LogP) is 4.92. The summed E-state index contributed by atoms with van der Waals surface area (Å²) in [5.41, 5.74) is 1.82. The highest BCUT2D eigenvalue weighted by Crippen LogP contribution is 2.25. The van der Waals surface area contributed by atoms with E-state index in [2.05, 4.69) is 21.2 Å². The fourth-order valence-electron chi connectivity index (χ4n) is 4.65. The standard InChI is InChI=1S/C27H35BrFN3O4S/c1-4-25(27(34)30-22-8-6-5-7-9-22)31(17-20-10-12-21(29)13-11-20)26(33)18-32(37(3,35)36)23-14-15-24(28)19(2)16-23/h10-16,22,25H,4-9,17-18H2,1-3H3,(H,30,34). The summed E-state index contributed by atoms with van der Waals surface area (Å²) in [6, 6.07) is 10.0. The second-order valence-corrected chi connectivity index (χ2v) is 12.4. The molecule has 1 fully saturated rings. The lowest BCUT2D eigenvalue weighted by molar-refractivity contribution is -0.140. The molecule has 0 radical (unpaired) electrons.